The predicted octanol–water partition coefficient (Wildman–Crippen LogP) is 4.02. The monoisotopic (exact) mass is 310 g/mol. The van der Waals surface area contributed by atoms with Gasteiger partial charge in [0.2, 0.25) is 0 Å². The molecule has 118 valence electrons. The fourth-order valence-corrected chi connectivity index (χ4v) is 3.66. The Morgan fingerprint density at radius 2 is 2.33 bits per heavy atom. The Morgan fingerprint density at radius 1 is 1.52 bits per heavy atom. The lowest BCUT2D eigenvalue weighted by Gasteiger charge is -2.38. The Morgan fingerprint density at radius 3 is 3.05 bits per heavy atom. The maximum atomic E-state index is 11.4. The number of nitrogens with one attached hydrogen (secondary N) is 1. The molecule has 0 aromatic carbocycles. The van der Waals surface area contributed by atoms with Gasteiger partial charge in [0.05, 0.1) is 18.7 Å². The summed E-state index contributed by atoms with van der Waals surface area (Å²) in [7, 11) is 0. The maximum Gasteiger partial charge on any atom is 0.306 e. The Balaban J connectivity index is 1.86. The molecule has 1 aromatic rings. The second-order valence-corrected chi connectivity index (χ2v) is 7.24. The minimum Gasteiger partial charge on any atom is -0.466 e. The average molecular weight is 310 g/mol. The van der Waals surface area contributed by atoms with E-state index in [-0.39, 0.29) is 5.97 Å². The van der Waals surface area contributed by atoms with Crippen LogP contribution in [-0.2, 0) is 16.0 Å². The summed E-state index contributed by atoms with van der Waals surface area (Å²) >= 11 is 1.63. The van der Waals surface area contributed by atoms with Crippen LogP contribution in [0.1, 0.15) is 58.6 Å². The highest BCUT2D eigenvalue weighted by molar-refractivity contribution is 7.13. The SMILES string of the molecule is CCOC(=O)CCc1csc(NC2CCCCC2(C)C)n1. The van der Waals surface area contributed by atoms with Crippen LogP contribution in [0.4, 0.5) is 5.13 Å². The molecule has 1 N–H and O–H groups in total. The summed E-state index contributed by atoms with van der Waals surface area (Å²) in [5, 5.41) is 6.62. The number of esters is 1. The standard InChI is InChI=1S/C16H26N2O2S/c1-4-20-14(19)9-8-12-11-21-15(17-12)18-13-7-5-6-10-16(13,2)3/h11,13H,4-10H2,1-3H3,(H,17,18). The molecule has 0 aliphatic heterocycles. The first-order valence-corrected chi connectivity index (χ1v) is 8.76. The number of rotatable bonds is 6. The lowest BCUT2D eigenvalue weighted by atomic mass is 9.73. The molecule has 0 radical (unpaired) electrons. The van der Waals surface area contributed by atoms with E-state index in [9.17, 15) is 4.79 Å². The van der Waals surface area contributed by atoms with Crippen molar-refractivity contribution >= 4 is 22.4 Å². The van der Waals surface area contributed by atoms with Crippen LogP contribution in [0, 0.1) is 5.41 Å². The average Bonchev–Trinajstić information content (AvgIpc) is 2.87. The Hall–Kier alpha value is -1.10. The third-order valence-corrected chi connectivity index (χ3v) is 5.07. The zero-order valence-electron chi connectivity index (χ0n) is 13.3. The third kappa shape index (κ3) is 4.70. The van der Waals surface area contributed by atoms with E-state index in [1.165, 1.54) is 25.7 Å². The zero-order valence-corrected chi connectivity index (χ0v) is 14.1. The molecule has 2 rings (SSSR count). The van der Waals surface area contributed by atoms with Crippen molar-refractivity contribution in [1.82, 2.24) is 4.98 Å². The van der Waals surface area contributed by atoms with Gasteiger partial charge in [0, 0.05) is 17.8 Å². The molecule has 0 bridgehead atoms. The number of thiazole rings is 1. The van der Waals surface area contributed by atoms with Gasteiger partial charge in [0.15, 0.2) is 5.13 Å². The highest BCUT2D eigenvalue weighted by atomic mass is 32.1. The first kappa shape index (κ1) is 16.3. The summed E-state index contributed by atoms with van der Waals surface area (Å²) < 4.78 is 4.94. The minimum absolute atomic E-state index is 0.145. The number of carbonyl (C=O) groups excluding carboxylic acids is 1. The number of ether oxygens (including phenoxy) is 1. The summed E-state index contributed by atoms with van der Waals surface area (Å²) in [5.74, 6) is -0.145. The maximum absolute atomic E-state index is 11.4. The van der Waals surface area contributed by atoms with Gasteiger partial charge in [-0.15, -0.1) is 11.3 Å². The topological polar surface area (TPSA) is 51.2 Å². The Labute approximate surface area is 131 Å². The van der Waals surface area contributed by atoms with E-state index in [1.807, 2.05) is 12.3 Å². The molecule has 1 fully saturated rings. The van der Waals surface area contributed by atoms with Crippen LogP contribution < -0.4 is 5.32 Å². The van der Waals surface area contributed by atoms with E-state index < -0.39 is 0 Å². The smallest absolute Gasteiger partial charge is 0.306 e. The quantitative estimate of drug-likeness (QED) is 0.806. The molecule has 1 atom stereocenters. The number of hydrogen-bond acceptors (Lipinski definition) is 5. The molecule has 1 aliphatic carbocycles. The molecular weight excluding hydrogens is 284 g/mol. The second kappa shape index (κ2) is 7.25. The number of aromatic nitrogens is 1. The molecule has 1 heterocycles. The fraction of sp³-hybridized carbons (Fsp3) is 0.750. The van der Waals surface area contributed by atoms with Crippen LogP contribution in [0.5, 0.6) is 0 Å². The molecule has 4 nitrogen and oxygen atoms in total. The fourth-order valence-electron chi connectivity index (χ4n) is 2.86. The summed E-state index contributed by atoms with van der Waals surface area (Å²) in [6, 6.07) is 0.496. The number of carbonyl (C=O) groups is 1. The van der Waals surface area contributed by atoms with Gasteiger partial charge in [-0.05, 0) is 25.2 Å². The lowest BCUT2D eigenvalue weighted by molar-refractivity contribution is -0.143. The summed E-state index contributed by atoms with van der Waals surface area (Å²) in [6.45, 7) is 6.94. The van der Waals surface area contributed by atoms with Crippen molar-refractivity contribution in [3.05, 3.63) is 11.1 Å². The van der Waals surface area contributed by atoms with Gasteiger partial charge < -0.3 is 10.1 Å². The van der Waals surface area contributed by atoms with Gasteiger partial charge in [-0.1, -0.05) is 26.7 Å². The van der Waals surface area contributed by atoms with Crippen molar-refractivity contribution in [3.8, 4) is 0 Å². The molecule has 1 saturated carbocycles. The molecule has 1 aromatic heterocycles. The number of nitrogens with zero attached hydrogens (tertiary/aromatic N) is 1. The minimum atomic E-state index is -0.145. The molecule has 0 spiro atoms. The van der Waals surface area contributed by atoms with Gasteiger partial charge in [0.1, 0.15) is 0 Å². The second-order valence-electron chi connectivity index (χ2n) is 6.38. The molecule has 0 saturated heterocycles. The largest absolute Gasteiger partial charge is 0.466 e. The molecular formula is C16H26N2O2S. The molecule has 5 heteroatoms. The van der Waals surface area contributed by atoms with Gasteiger partial charge in [0.25, 0.3) is 0 Å². The van der Waals surface area contributed by atoms with Crippen molar-refractivity contribution in [2.75, 3.05) is 11.9 Å². The molecule has 21 heavy (non-hydrogen) atoms. The van der Waals surface area contributed by atoms with E-state index in [0.717, 1.165) is 10.8 Å². The number of hydrogen-bond donors (Lipinski definition) is 1. The molecule has 0 amide bonds. The van der Waals surface area contributed by atoms with Crippen LogP contribution in [0.3, 0.4) is 0 Å². The molecule has 1 unspecified atom stereocenters. The van der Waals surface area contributed by atoms with E-state index in [4.69, 9.17) is 4.74 Å². The third-order valence-electron chi connectivity index (χ3n) is 4.25. The summed E-state index contributed by atoms with van der Waals surface area (Å²) in [4.78, 5) is 16.0. The van der Waals surface area contributed by atoms with Crippen molar-refractivity contribution in [1.29, 1.82) is 0 Å². The van der Waals surface area contributed by atoms with Crippen LogP contribution in [0.25, 0.3) is 0 Å². The first-order valence-electron chi connectivity index (χ1n) is 7.88. The lowest BCUT2D eigenvalue weighted by Crippen LogP contribution is -2.38. The van der Waals surface area contributed by atoms with E-state index in [1.54, 1.807) is 11.3 Å². The molecule has 1 aliphatic rings. The normalized spacial score (nSPS) is 21.0. The van der Waals surface area contributed by atoms with E-state index in [0.29, 0.717) is 30.9 Å². The number of aryl methyl sites for hydroxylation is 1. The number of anilines is 1. The predicted molar refractivity (Wildman–Crippen MR) is 86.7 cm³/mol. The summed E-state index contributed by atoms with van der Waals surface area (Å²) in [5.41, 5.74) is 1.30. The first-order chi connectivity index (χ1) is 10.0. The van der Waals surface area contributed by atoms with Gasteiger partial charge in [-0.2, -0.15) is 0 Å². The van der Waals surface area contributed by atoms with Crippen LogP contribution >= 0.6 is 11.3 Å². The van der Waals surface area contributed by atoms with Crippen molar-refractivity contribution in [3.63, 3.8) is 0 Å². The van der Waals surface area contributed by atoms with Crippen molar-refractivity contribution in [2.24, 2.45) is 5.41 Å². The Bertz CT molecular complexity index is 471. The van der Waals surface area contributed by atoms with Gasteiger partial charge >= 0.3 is 5.97 Å². The van der Waals surface area contributed by atoms with Crippen LogP contribution in [-0.4, -0.2) is 23.6 Å². The Kier molecular flexibility index (Phi) is 5.62. The van der Waals surface area contributed by atoms with Gasteiger partial charge in [-0.3, -0.25) is 4.79 Å². The highest BCUT2D eigenvalue weighted by Gasteiger charge is 2.32. The van der Waals surface area contributed by atoms with E-state index in [2.05, 4.69) is 24.1 Å². The summed E-state index contributed by atoms with van der Waals surface area (Å²) in [6.07, 6.45) is 6.17. The highest BCUT2D eigenvalue weighted by Crippen LogP contribution is 2.37. The van der Waals surface area contributed by atoms with Crippen LogP contribution in [0.15, 0.2) is 5.38 Å². The van der Waals surface area contributed by atoms with Crippen molar-refractivity contribution in [2.45, 2.75) is 65.3 Å². The zero-order chi connectivity index (χ0) is 15.3. The van der Waals surface area contributed by atoms with E-state index >= 15 is 0 Å². The van der Waals surface area contributed by atoms with Crippen LogP contribution in [0.2, 0.25) is 0 Å². The van der Waals surface area contributed by atoms with Gasteiger partial charge in [-0.25, -0.2) is 4.98 Å². The van der Waals surface area contributed by atoms with Crippen molar-refractivity contribution < 1.29 is 9.53 Å².